The molecule has 0 radical (unpaired) electrons. The van der Waals surface area contributed by atoms with Gasteiger partial charge in [0.05, 0.1) is 16.8 Å². The highest BCUT2D eigenvalue weighted by Gasteiger charge is 2.16. The quantitative estimate of drug-likeness (QED) is 0.899. The smallest absolute Gasteiger partial charge is 0.159 e. The monoisotopic (exact) mass is 289 g/mol. The maximum absolute atomic E-state index is 5.79. The molecule has 0 bridgehead atoms. The molecule has 1 aromatic rings. The van der Waals surface area contributed by atoms with Crippen LogP contribution in [0.1, 0.15) is 31.0 Å². The molecular weight excluding hydrogens is 274 g/mol. The van der Waals surface area contributed by atoms with Crippen LogP contribution in [0.5, 0.6) is 0 Å². The summed E-state index contributed by atoms with van der Waals surface area (Å²) in [5.41, 5.74) is 6.53. The Morgan fingerprint density at radius 2 is 2.06 bits per heavy atom. The summed E-state index contributed by atoms with van der Waals surface area (Å²) in [6.45, 7) is 2.40. The van der Waals surface area contributed by atoms with Crippen molar-refractivity contribution in [1.29, 1.82) is 0 Å². The lowest BCUT2D eigenvalue weighted by molar-refractivity contribution is 0.0917. The fourth-order valence-electron chi connectivity index (χ4n) is 1.36. The number of ether oxygens (including phenoxy) is 2. The Bertz CT molecular complexity index is 356. The summed E-state index contributed by atoms with van der Waals surface area (Å²) < 4.78 is 11.0. The maximum Gasteiger partial charge on any atom is 0.159 e. The van der Waals surface area contributed by atoms with E-state index in [0.29, 0.717) is 22.7 Å². The van der Waals surface area contributed by atoms with E-state index in [1.165, 1.54) is 0 Å². The predicted molar refractivity (Wildman–Crippen MR) is 64.9 cm³/mol. The third-order valence-electron chi connectivity index (χ3n) is 2.19. The van der Waals surface area contributed by atoms with Gasteiger partial charge in [-0.1, -0.05) is 6.92 Å². The molecule has 0 aliphatic heterocycles. The molecule has 6 heteroatoms. The minimum Gasteiger partial charge on any atom is -0.383 e. The summed E-state index contributed by atoms with van der Waals surface area (Å²) in [6, 6.07) is 0. The van der Waals surface area contributed by atoms with Crippen molar-refractivity contribution in [2.75, 3.05) is 20.0 Å². The van der Waals surface area contributed by atoms with Crippen LogP contribution in [0, 0.1) is 0 Å². The lowest BCUT2D eigenvalue weighted by Gasteiger charge is -2.14. The average molecular weight is 290 g/mol. The molecule has 1 rings (SSSR count). The molecule has 1 atom stereocenters. The van der Waals surface area contributed by atoms with Gasteiger partial charge in [-0.25, -0.2) is 9.97 Å². The Balaban J connectivity index is 3.12. The summed E-state index contributed by atoms with van der Waals surface area (Å²) in [6.07, 6.45) is 0.662. The first-order valence-corrected chi connectivity index (χ1v) is 5.76. The fourth-order valence-corrected chi connectivity index (χ4v) is 1.66. The van der Waals surface area contributed by atoms with Gasteiger partial charge in [-0.05, 0) is 22.4 Å². The zero-order valence-corrected chi connectivity index (χ0v) is 11.2. The molecule has 1 aromatic heterocycles. The van der Waals surface area contributed by atoms with Crippen LogP contribution < -0.4 is 5.73 Å². The van der Waals surface area contributed by atoms with E-state index in [9.17, 15) is 0 Å². The minimum atomic E-state index is -0.133. The van der Waals surface area contributed by atoms with E-state index < -0.39 is 0 Å². The number of nitrogens with zero attached hydrogens (tertiary/aromatic N) is 2. The Labute approximate surface area is 103 Å². The van der Waals surface area contributed by atoms with E-state index in [0.717, 1.165) is 12.1 Å². The topological polar surface area (TPSA) is 70.3 Å². The number of halogens is 1. The van der Waals surface area contributed by atoms with E-state index in [-0.39, 0.29) is 6.10 Å². The molecule has 0 aliphatic rings. The normalized spacial score (nSPS) is 12.8. The standard InChI is InChI=1S/C10H16BrN3O2/c1-4-7(16-3)10-13-6(5-15-2)8(11)9(12)14-10/h7H,4-5H2,1-3H3,(H2,12,13,14). The van der Waals surface area contributed by atoms with Crippen molar-refractivity contribution in [3.8, 4) is 0 Å². The number of hydrogen-bond acceptors (Lipinski definition) is 5. The van der Waals surface area contributed by atoms with Crippen molar-refractivity contribution in [2.24, 2.45) is 0 Å². The number of rotatable bonds is 5. The van der Waals surface area contributed by atoms with Crippen molar-refractivity contribution < 1.29 is 9.47 Å². The third kappa shape index (κ3) is 2.90. The number of hydrogen-bond donors (Lipinski definition) is 1. The molecule has 2 N–H and O–H groups in total. The van der Waals surface area contributed by atoms with Crippen LogP contribution >= 0.6 is 15.9 Å². The van der Waals surface area contributed by atoms with Gasteiger partial charge in [0.2, 0.25) is 0 Å². The molecule has 5 nitrogen and oxygen atoms in total. The number of anilines is 1. The van der Waals surface area contributed by atoms with E-state index in [1.807, 2.05) is 6.92 Å². The molecule has 0 amide bonds. The molecular formula is C10H16BrN3O2. The summed E-state index contributed by atoms with van der Waals surface area (Å²) >= 11 is 3.34. The molecule has 0 spiro atoms. The van der Waals surface area contributed by atoms with Crippen LogP contribution in [0.15, 0.2) is 4.47 Å². The van der Waals surface area contributed by atoms with E-state index in [1.54, 1.807) is 14.2 Å². The first kappa shape index (κ1) is 13.3. The molecule has 90 valence electrons. The van der Waals surface area contributed by atoms with Gasteiger partial charge in [0.25, 0.3) is 0 Å². The van der Waals surface area contributed by atoms with Crippen molar-refractivity contribution in [3.05, 3.63) is 16.0 Å². The first-order chi connectivity index (χ1) is 7.63. The van der Waals surface area contributed by atoms with E-state index >= 15 is 0 Å². The molecule has 1 unspecified atom stereocenters. The van der Waals surface area contributed by atoms with Crippen molar-refractivity contribution in [1.82, 2.24) is 9.97 Å². The van der Waals surface area contributed by atoms with Crippen LogP contribution in [-0.4, -0.2) is 24.2 Å². The first-order valence-electron chi connectivity index (χ1n) is 4.97. The fraction of sp³-hybridized carbons (Fsp3) is 0.600. The van der Waals surface area contributed by atoms with Crippen LogP contribution in [0.25, 0.3) is 0 Å². The van der Waals surface area contributed by atoms with Gasteiger partial charge in [0, 0.05) is 14.2 Å². The second-order valence-electron chi connectivity index (χ2n) is 3.29. The lowest BCUT2D eigenvalue weighted by Crippen LogP contribution is -2.11. The highest BCUT2D eigenvalue weighted by Crippen LogP contribution is 2.25. The molecule has 0 saturated heterocycles. The second kappa shape index (κ2) is 6.12. The van der Waals surface area contributed by atoms with Crippen LogP contribution in [-0.2, 0) is 16.1 Å². The highest BCUT2D eigenvalue weighted by atomic mass is 79.9. The maximum atomic E-state index is 5.79. The van der Waals surface area contributed by atoms with Crippen molar-refractivity contribution in [3.63, 3.8) is 0 Å². The molecule has 0 aromatic carbocycles. The van der Waals surface area contributed by atoms with Gasteiger partial charge in [-0.3, -0.25) is 0 Å². The van der Waals surface area contributed by atoms with Crippen LogP contribution in [0.3, 0.4) is 0 Å². The second-order valence-corrected chi connectivity index (χ2v) is 4.09. The summed E-state index contributed by atoms with van der Waals surface area (Å²) in [5, 5.41) is 0. The average Bonchev–Trinajstić information content (AvgIpc) is 2.27. The van der Waals surface area contributed by atoms with Gasteiger partial charge in [-0.2, -0.15) is 0 Å². The van der Waals surface area contributed by atoms with Crippen molar-refractivity contribution >= 4 is 21.7 Å². The minimum absolute atomic E-state index is 0.133. The van der Waals surface area contributed by atoms with Crippen LogP contribution in [0.4, 0.5) is 5.82 Å². The zero-order valence-electron chi connectivity index (χ0n) is 9.66. The third-order valence-corrected chi connectivity index (χ3v) is 3.05. The Kier molecular flexibility index (Phi) is 5.11. The van der Waals surface area contributed by atoms with Gasteiger partial charge in [-0.15, -0.1) is 0 Å². The predicted octanol–water partition coefficient (Wildman–Crippen LogP) is 2.07. The van der Waals surface area contributed by atoms with E-state index in [2.05, 4.69) is 25.9 Å². The Hall–Kier alpha value is -0.720. The van der Waals surface area contributed by atoms with Gasteiger partial charge in [0.1, 0.15) is 11.9 Å². The van der Waals surface area contributed by atoms with Gasteiger partial charge >= 0.3 is 0 Å². The largest absolute Gasteiger partial charge is 0.383 e. The number of nitrogen functional groups attached to an aromatic ring is 1. The SMILES string of the molecule is CCC(OC)c1nc(N)c(Br)c(COC)n1. The Morgan fingerprint density at radius 3 is 2.56 bits per heavy atom. The molecule has 0 aliphatic carbocycles. The molecule has 0 saturated carbocycles. The molecule has 16 heavy (non-hydrogen) atoms. The highest BCUT2D eigenvalue weighted by molar-refractivity contribution is 9.10. The van der Waals surface area contributed by atoms with Crippen molar-refractivity contribution in [2.45, 2.75) is 26.1 Å². The van der Waals surface area contributed by atoms with Crippen LogP contribution in [0.2, 0.25) is 0 Å². The number of aromatic nitrogens is 2. The number of nitrogens with two attached hydrogens (primary N) is 1. The Morgan fingerprint density at radius 1 is 1.38 bits per heavy atom. The summed E-state index contributed by atoms with van der Waals surface area (Å²) in [5.74, 6) is 1.00. The molecule has 0 fully saturated rings. The van der Waals surface area contributed by atoms with Gasteiger partial charge in [0.15, 0.2) is 5.82 Å². The summed E-state index contributed by atoms with van der Waals surface area (Å²) in [7, 11) is 3.24. The zero-order chi connectivity index (χ0) is 12.1. The molecule has 1 heterocycles. The van der Waals surface area contributed by atoms with Gasteiger partial charge < -0.3 is 15.2 Å². The summed E-state index contributed by atoms with van der Waals surface area (Å²) in [4.78, 5) is 8.57. The number of methoxy groups -OCH3 is 2. The lowest BCUT2D eigenvalue weighted by atomic mass is 10.2. The van der Waals surface area contributed by atoms with E-state index in [4.69, 9.17) is 15.2 Å².